The van der Waals surface area contributed by atoms with E-state index < -0.39 is 20.5 Å². The molecule has 0 aromatic rings. The van der Waals surface area contributed by atoms with Gasteiger partial charge < -0.3 is 20.2 Å². The molecule has 0 saturated heterocycles. The molecule has 0 bridgehead atoms. The van der Waals surface area contributed by atoms with Gasteiger partial charge in [-0.2, -0.15) is 0 Å². The maximum absolute atomic E-state index is 11.6. The highest BCUT2D eigenvalue weighted by Crippen LogP contribution is 2.35. The maximum atomic E-state index is 11.6. The zero-order valence-corrected chi connectivity index (χ0v) is 16.8. The van der Waals surface area contributed by atoms with Crippen LogP contribution >= 0.6 is 7.82 Å². The largest absolute Gasteiger partial charge is 0.469 e. The van der Waals surface area contributed by atoms with Crippen molar-refractivity contribution in [3.05, 3.63) is 12.2 Å². The number of carbonyl (C=O) groups excluding carboxylic acids is 1. The second-order valence-corrected chi connectivity index (χ2v) is 7.76. The number of aliphatic hydroxyl groups is 1. The van der Waals surface area contributed by atoms with Crippen LogP contribution in [0.5, 0.6) is 0 Å². The molecule has 26 heavy (non-hydrogen) atoms. The average molecular weight is 393 g/mol. The van der Waals surface area contributed by atoms with Crippen molar-refractivity contribution < 1.29 is 28.8 Å². The maximum Gasteiger partial charge on any atom is 0.469 e. The number of nitrogens with one attached hydrogen (secondary N) is 1. The average Bonchev–Trinajstić information content (AvgIpc) is 2.58. The minimum atomic E-state index is -4.59. The summed E-state index contributed by atoms with van der Waals surface area (Å²) in [5.74, 6) is -0.169. The quantitative estimate of drug-likeness (QED) is 0.171. The minimum absolute atomic E-state index is 0.0788. The third-order valence-electron chi connectivity index (χ3n) is 3.89. The molecule has 0 aliphatic heterocycles. The number of carbonyl (C=O) groups is 1. The number of aliphatic hydroxyl groups excluding tert-OH is 1. The Labute approximate surface area is 157 Å². The molecule has 0 radical (unpaired) electrons. The van der Waals surface area contributed by atoms with Crippen LogP contribution in [0.1, 0.15) is 77.6 Å². The van der Waals surface area contributed by atoms with Crippen molar-refractivity contribution in [1.29, 1.82) is 0 Å². The van der Waals surface area contributed by atoms with Gasteiger partial charge in [-0.3, -0.25) is 9.32 Å². The number of amides is 1. The fraction of sp³-hybridized carbons (Fsp3) is 0.833. The van der Waals surface area contributed by atoms with Gasteiger partial charge >= 0.3 is 7.82 Å². The van der Waals surface area contributed by atoms with Gasteiger partial charge in [0.2, 0.25) is 5.91 Å². The lowest BCUT2D eigenvalue weighted by molar-refractivity contribution is -0.121. The molecule has 0 aliphatic carbocycles. The van der Waals surface area contributed by atoms with Crippen molar-refractivity contribution in [2.45, 2.75) is 83.7 Å². The molecule has 1 amide bonds. The molecule has 0 aliphatic rings. The summed E-state index contributed by atoms with van der Waals surface area (Å²) in [6.07, 6.45) is 15.2. The fourth-order valence-electron chi connectivity index (χ4n) is 2.37. The molecule has 0 fully saturated rings. The lowest BCUT2D eigenvalue weighted by Gasteiger charge is -2.12. The van der Waals surface area contributed by atoms with Crippen LogP contribution in [0.2, 0.25) is 0 Å². The molecule has 0 aromatic carbocycles. The molecule has 4 N–H and O–H groups in total. The zero-order valence-electron chi connectivity index (χ0n) is 15.9. The van der Waals surface area contributed by atoms with Gasteiger partial charge in [0.25, 0.3) is 0 Å². The number of allylic oxidation sites excluding steroid dienone is 2. The first-order valence-electron chi connectivity index (χ1n) is 9.65. The third-order valence-corrected chi connectivity index (χ3v) is 4.37. The first-order valence-corrected chi connectivity index (χ1v) is 11.2. The van der Waals surface area contributed by atoms with Crippen LogP contribution in [0.4, 0.5) is 0 Å². The summed E-state index contributed by atoms with van der Waals surface area (Å²) in [6, 6.07) is 0. The summed E-state index contributed by atoms with van der Waals surface area (Å²) >= 11 is 0. The van der Waals surface area contributed by atoms with Crippen LogP contribution in [0, 0.1) is 0 Å². The third kappa shape index (κ3) is 19.6. The molecule has 0 rings (SSSR count). The van der Waals surface area contributed by atoms with Gasteiger partial charge in [-0.15, -0.1) is 0 Å². The number of phosphoric acid groups is 1. The smallest absolute Gasteiger partial charge is 0.389 e. The van der Waals surface area contributed by atoms with E-state index in [2.05, 4.69) is 28.9 Å². The molecule has 154 valence electrons. The van der Waals surface area contributed by atoms with Crippen molar-refractivity contribution in [2.24, 2.45) is 0 Å². The van der Waals surface area contributed by atoms with Crippen LogP contribution in [0.3, 0.4) is 0 Å². The Hall–Kier alpha value is -0.720. The van der Waals surface area contributed by atoms with E-state index in [0.717, 1.165) is 25.7 Å². The second kappa shape index (κ2) is 16.5. The number of unbranched alkanes of at least 4 members (excludes halogenated alkanes) is 8. The first-order chi connectivity index (χ1) is 12.3. The Kier molecular flexibility index (Phi) is 16.0. The molecular weight excluding hydrogens is 357 g/mol. The van der Waals surface area contributed by atoms with Gasteiger partial charge in [0.05, 0.1) is 12.7 Å². The molecule has 7 nitrogen and oxygen atoms in total. The van der Waals surface area contributed by atoms with E-state index >= 15 is 0 Å². The summed E-state index contributed by atoms with van der Waals surface area (Å²) in [4.78, 5) is 28.6. The Morgan fingerprint density at radius 3 is 2.23 bits per heavy atom. The summed E-state index contributed by atoms with van der Waals surface area (Å²) in [7, 11) is -4.59. The minimum Gasteiger partial charge on any atom is -0.389 e. The van der Waals surface area contributed by atoms with Gasteiger partial charge in [0.15, 0.2) is 0 Å². The summed E-state index contributed by atoms with van der Waals surface area (Å²) in [5.41, 5.74) is 0. The van der Waals surface area contributed by atoms with Gasteiger partial charge in [0.1, 0.15) is 0 Å². The van der Waals surface area contributed by atoms with Crippen LogP contribution in [0.15, 0.2) is 12.2 Å². The van der Waals surface area contributed by atoms with E-state index in [1.807, 2.05) is 0 Å². The van der Waals surface area contributed by atoms with Crippen LogP contribution in [-0.2, 0) is 13.9 Å². The fourth-order valence-corrected chi connectivity index (χ4v) is 2.74. The lowest BCUT2D eigenvalue weighted by Crippen LogP contribution is -2.34. The molecule has 0 saturated carbocycles. The van der Waals surface area contributed by atoms with Crippen molar-refractivity contribution in [3.8, 4) is 0 Å². The van der Waals surface area contributed by atoms with E-state index in [-0.39, 0.29) is 12.5 Å². The highest BCUT2D eigenvalue weighted by Gasteiger charge is 2.17. The van der Waals surface area contributed by atoms with E-state index in [4.69, 9.17) is 9.79 Å². The Morgan fingerprint density at radius 1 is 1.04 bits per heavy atom. The Bertz CT molecular complexity index is 424. The standard InChI is InChI=1S/C18H36NO6P/c1-2-3-4-5-6-7-8-9-10-11-12-13-14-18(21)19-15-17(20)16-25-26(22,23)24/h5-6,17,20H,2-4,7-16H2,1H3,(H,19,21)(H2,22,23,24). The second-order valence-electron chi connectivity index (χ2n) is 6.52. The predicted molar refractivity (Wildman–Crippen MR) is 103 cm³/mol. The molecule has 0 spiro atoms. The van der Waals surface area contributed by atoms with Crippen molar-refractivity contribution in [2.75, 3.05) is 13.2 Å². The van der Waals surface area contributed by atoms with Gasteiger partial charge in [-0.25, -0.2) is 4.57 Å². The Balaban J connectivity index is 3.41. The van der Waals surface area contributed by atoms with Gasteiger partial charge in [-0.1, -0.05) is 57.6 Å². The number of hydrogen-bond donors (Lipinski definition) is 4. The molecular formula is C18H36NO6P. The zero-order chi connectivity index (χ0) is 19.7. The van der Waals surface area contributed by atoms with Crippen molar-refractivity contribution in [3.63, 3.8) is 0 Å². The summed E-state index contributed by atoms with van der Waals surface area (Å²) in [5, 5.41) is 12.0. The monoisotopic (exact) mass is 393 g/mol. The molecule has 1 unspecified atom stereocenters. The van der Waals surface area contributed by atoms with E-state index in [0.29, 0.717) is 6.42 Å². The number of hydrogen-bond acceptors (Lipinski definition) is 4. The van der Waals surface area contributed by atoms with Gasteiger partial charge in [0, 0.05) is 13.0 Å². The van der Waals surface area contributed by atoms with Crippen molar-refractivity contribution in [1.82, 2.24) is 5.32 Å². The van der Waals surface area contributed by atoms with E-state index in [1.54, 1.807) is 0 Å². The first kappa shape index (κ1) is 25.3. The molecule has 0 heterocycles. The normalized spacial score (nSPS) is 13.2. The molecule has 0 aromatic heterocycles. The molecule has 8 heteroatoms. The summed E-state index contributed by atoms with van der Waals surface area (Å²) in [6.45, 7) is 1.61. The van der Waals surface area contributed by atoms with Crippen LogP contribution in [-0.4, -0.2) is 40.1 Å². The highest BCUT2D eigenvalue weighted by molar-refractivity contribution is 7.46. The SMILES string of the molecule is CCCCC=CCCCCCCCCC(=O)NCC(O)COP(=O)(O)O. The molecule has 1 atom stereocenters. The van der Waals surface area contributed by atoms with Crippen molar-refractivity contribution >= 4 is 13.7 Å². The van der Waals surface area contributed by atoms with E-state index in [9.17, 15) is 14.5 Å². The number of rotatable bonds is 17. The van der Waals surface area contributed by atoms with E-state index in [1.165, 1.54) is 38.5 Å². The van der Waals surface area contributed by atoms with Gasteiger partial charge in [-0.05, 0) is 25.7 Å². The van der Waals surface area contributed by atoms with Crippen LogP contribution in [0.25, 0.3) is 0 Å². The van der Waals surface area contributed by atoms with Crippen LogP contribution < -0.4 is 5.32 Å². The summed E-state index contributed by atoms with van der Waals surface area (Å²) < 4.78 is 14.6. The topological polar surface area (TPSA) is 116 Å². The number of phosphoric ester groups is 1. The Morgan fingerprint density at radius 2 is 1.62 bits per heavy atom. The predicted octanol–water partition coefficient (Wildman–Crippen LogP) is 3.44. The lowest BCUT2D eigenvalue weighted by atomic mass is 10.1. The highest BCUT2D eigenvalue weighted by atomic mass is 31.2.